The van der Waals surface area contributed by atoms with E-state index < -0.39 is 0 Å². The Morgan fingerprint density at radius 2 is 1.87 bits per heavy atom. The second kappa shape index (κ2) is 8.64. The molecule has 1 aliphatic heterocycles. The van der Waals surface area contributed by atoms with Gasteiger partial charge in [0, 0.05) is 36.7 Å². The third-order valence-corrected chi connectivity index (χ3v) is 6.59. The molecule has 5 rings (SSSR count). The third kappa shape index (κ3) is 4.13. The van der Waals surface area contributed by atoms with Crippen molar-refractivity contribution >= 4 is 29.2 Å². The standard InChI is InChI=1S/C26H24ClN3O/c27-22-5-6-23-21(17-22)4-3-20-2-1-11-29-26(20)25(23)19-9-14-30(15-10-19)24(31)16-18-7-12-28-13-8-18/h1-2,4-8,11-13,17,19H,3,9-10,14-16H2. The second-order valence-corrected chi connectivity index (χ2v) is 8.69. The largest absolute Gasteiger partial charge is 0.342 e. The summed E-state index contributed by atoms with van der Waals surface area (Å²) in [5.74, 6) is 0.555. The number of benzene rings is 1. The van der Waals surface area contributed by atoms with Crippen molar-refractivity contribution in [2.24, 2.45) is 5.92 Å². The summed E-state index contributed by atoms with van der Waals surface area (Å²) in [6, 6.07) is 14.1. The highest BCUT2D eigenvalue weighted by atomic mass is 35.5. The number of hydrogen-bond acceptors (Lipinski definition) is 3. The summed E-state index contributed by atoms with van der Waals surface area (Å²) in [5, 5.41) is 3.16. The van der Waals surface area contributed by atoms with Gasteiger partial charge >= 0.3 is 0 Å². The Bertz CT molecular complexity index is 1230. The Labute approximate surface area is 186 Å². The molecule has 0 saturated carbocycles. The van der Waals surface area contributed by atoms with Crippen molar-refractivity contribution in [3.8, 4) is 0 Å². The summed E-state index contributed by atoms with van der Waals surface area (Å²) in [6.07, 6.45) is 10.8. The fourth-order valence-corrected chi connectivity index (χ4v) is 4.94. The van der Waals surface area contributed by atoms with Crippen LogP contribution in [0.15, 0.2) is 61.1 Å². The normalized spacial score (nSPS) is 16.2. The molecule has 1 amide bonds. The van der Waals surface area contributed by atoms with Crippen LogP contribution < -0.4 is 10.4 Å². The predicted octanol–water partition coefficient (Wildman–Crippen LogP) is 3.15. The smallest absolute Gasteiger partial charge is 0.226 e. The fraction of sp³-hybridized carbons (Fsp3) is 0.269. The maximum absolute atomic E-state index is 12.8. The van der Waals surface area contributed by atoms with Gasteiger partial charge in [-0.1, -0.05) is 29.8 Å². The quantitative estimate of drug-likeness (QED) is 0.642. The van der Waals surface area contributed by atoms with Crippen LogP contribution in [0.3, 0.4) is 0 Å². The van der Waals surface area contributed by atoms with Gasteiger partial charge in [-0.15, -0.1) is 0 Å². The van der Waals surface area contributed by atoms with Gasteiger partial charge in [-0.3, -0.25) is 14.8 Å². The van der Waals surface area contributed by atoms with Crippen molar-refractivity contribution in [1.82, 2.24) is 14.9 Å². The lowest BCUT2D eigenvalue weighted by atomic mass is 9.84. The molecule has 1 fully saturated rings. The van der Waals surface area contributed by atoms with E-state index in [1.54, 1.807) is 12.4 Å². The molecular weight excluding hydrogens is 406 g/mol. The number of likely N-dealkylation sites (tertiary alicyclic amines) is 1. The molecule has 0 bridgehead atoms. The van der Waals surface area contributed by atoms with Gasteiger partial charge in [0.05, 0.1) is 12.1 Å². The fourth-order valence-electron chi connectivity index (χ4n) is 4.76. The molecule has 3 aromatic rings. The van der Waals surface area contributed by atoms with Crippen LogP contribution >= 0.6 is 11.6 Å². The number of piperidine rings is 1. The van der Waals surface area contributed by atoms with E-state index in [0.29, 0.717) is 12.3 Å². The first kappa shape index (κ1) is 20.0. The highest BCUT2D eigenvalue weighted by Crippen LogP contribution is 2.31. The molecule has 0 atom stereocenters. The first-order chi connectivity index (χ1) is 15.2. The first-order valence-corrected chi connectivity index (χ1v) is 11.2. The summed E-state index contributed by atoms with van der Waals surface area (Å²) in [6.45, 7) is 1.54. The van der Waals surface area contributed by atoms with Crippen molar-refractivity contribution in [1.29, 1.82) is 0 Å². The van der Waals surface area contributed by atoms with Gasteiger partial charge in [0.15, 0.2) is 0 Å². The molecule has 0 spiro atoms. The van der Waals surface area contributed by atoms with Crippen LogP contribution in [0, 0.1) is 5.92 Å². The van der Waals surface area contributed by atoms with Crippen LogP contribution in [-0.2, 0) is 17.6 Å². The average molecular weight is 430 g/mol. The number of fused-ring (bicyclic) bond motifs is 2. The maximum atomic E-state index is 12.8. The highest BCUT2D eigenvalue weighted by Gasteiger charge is 2.28. The molecule has 1 saturated heterocycles. The van der Waals surface area contributed by atoms with Gasteiger partial charge in [0.25, 0.3) is 0 Å². The molecule has 5 heteroatoms. The lowest BCUT2D eigenvalue weighted by molar-refractivity contribution is -0.131. The summed E-state index contributed by atoms with van der Waals surface area (Å²) in [5.41, 5.74) is 4.67. The SMILES string of the molecule is O=C(Cc1ccncc1)N1CCC(C2=c3ccc(Cl)cc3=CCc3cccnc32)CC1. The monoisotopic (exact) mass is 429 g/mol. The van der Waals surface area contributed by atoms with E-state index in [1.165, 1.54) is 21.6 Å². The minimum absolute atomic E-state index is 0.189. The predicted molar refractivity (Wildman–Crippen MR) is 123 cm³/mol. The van der Waals surface area contributed by atoms with Crippen LogP contribution in [0.4, 0.5) is 0 Å². The van der Waals surface area contributed by atoms with E-state index in [1.807, 2.05) is 35.4 Å². The van der Waals surface area contributed by atoms with Crippen molar-refractivity contribution in [3.05, 3.63) is 93.3 Å². The second-order valence-electron chi connectivity index (χ2n) is 8.25. The maximum Gasteiger partial charge on any atom is 0.226 e. The zero-order chi connectivity index (χ0) is 21.2. The molecule has 3 heterocycles. The molecule has 156 valence electrons. The van der Waals surface area contributed by atoms with E-state index >= 15 is 0 Å². The summed E-state index contributed by atoms with van der Waals surface area (Å²) >= 11 is 6.30. The van der Waals surface area contributed by atoms with Crippen LogP contribution in [0.2, 0.25) is 5.02 Å². The first-order valence-electron chi connectivity index (χ1n) is 10.8. The zero-order valence-electron chi connectivity index (χ0n) is 17.3. The van der Waals surface area contributed by atoms with E-state index in [0.717, 1.165) is 48.6 Å². The molecular formula is C26H24ClN3O. The van der Waals surface area contributed by atoms with Crippen molar-refractivity contribution in [2.75, 3.05) is 13.1 Å². The topological polar surface area (TPSA) is 46.1 Å². The van der Waals surface area contributed by atoms with Crippen LogP contribution in [0.25, 0.3) is 11.6 Å². The van der Waals surface area contributed by atoms with Crippen molar-refractivity contribution < 1.29 is 4.79 Å². The number of aromatic nitrogens is 2. The lowest BCUT2D eigenvalue weighted by Crippen LogP contribution is -2.41. The number of pyridine rings is 2. The molecule has 2 aliphatic rings. The summed E-state index contributed by atoms with van der Waals surface area (Å²) in [7, 11) is 0. The highest BCUT2D eigenvalue weighted by molar-refractivity contribution is 6.30. The van der Waals surface area contributed by atoms with Crippen molar-refractivity contribution in [2.45, 2.75) is 25.7 Å². The number of hydrogen-bond donors (Lipinski definition) is 0. The third-order valence-electron chi connectivity index (χ3n) is 6.35. The van der Waals surface area contributed by atoms with Gasteiger partial charge < -0.3 is 4.90 Å². The van der Waals surface area contributed by atoms with Crippen molar-refractivity contribution in [3.63, 3.8) is 0 Å². The van der Waals surface area contributed by atoms with E-state index in [-0.39, 0.29) is 5.91 Å². The van der Waals surface area contributed by atoms with E-state index in [2.05, 4.69) is 29.3 Å². The molecule has 1 aliphatic carbocycles. The molecule has 0 radical (unpaired) electrons. The number of nitrogens with zero attached hydrogens (tertiary/aromatic N) is 3. The summed E-state index contributed by atoms with van der Waals surface area (Å²) in [4.78, 5) is 23.6. The number of amides is 1. The molecule has 2 aromatic heterocycles. The van der Waals surface area contributed by atoms with Gasteiger partial charge in [-0.2, -0.15) is 0 Å². The van der Waals surface area contributed by atoms with E-state index in [4.69, 9.17) is 16.6 Å². The molecule has 4 nitrogen and oxygen atoms in total. The summed E-state index contributed by atoms with van der Waals surface area (Å²) < 4.78 is 0. The Morgan fingerprint density at radius 1 is 1.06 bits per heavy atom. The Kier molecular flexibility index (Phi) is 5.56. The number of rotatable bonds is 3. The van der Waals surface area contributed by atoms with Gasteiger partial charge in [0.2, 0.25) is 5.91 Å². The minimum Gasteiger partial charge on any atom is -0.342 e. The van der Waals surface area contributed by atoms with Gasteiger partial charge in [-0.05, 0) is 82.6 Å². The lowest BCUT2D eigenvalue weighted by Gasteiger charge is -2.33. The van der Waals surface area contributed by atoms with Crippen LogP contribution in [0.5, 0.6) is 0 Å². The Hall–Kier alpha value is -2.98. The average Bonchev–Trinajstić information content (AvgIpc) is 2.96. The Balaban J connectivity index is 1.43. The number of halogens is 1. The Morgan fingerprint density at radius 3 is 2.68 bits per heavy atom. The van der Waals surface area contributed by atoms with Gasteiger partial charge in [-0.25, -0.2) is 0 Å². The molecule has 0 N–H and O–H groups in total. The van der Waals surface area contributed by atoms with E-state index in [9.17, 15) is 4.79 Å². The van der Waals surface area contributed by atoms with Crippen LogP contribution in [-0.4, -0.2) is 33.9 Å². The number of carbonyl (C=O) groups excluding carboxylic acids is 1. The van der Waals surface area contributed by atoms with Crippen LogP contribution in [0.1, 0.15) is 29.7 Å². The van der Waals surface area contributed by atoms with Gasteiger partial charge in [0.1, 0.15) is 0 Å². The zero-order valence-corrected chi connectivity index (χ0v) is 18.1. The molecule has 1 aromatic carbocycles. The molecule has 0 unspecified atom stereocenters. The minimum atomic E-state index is 0.189. The molecule has 31 heavy (non-hydrogen) atoms. The number of carbonyl (C=O) groups is 1.